The molecule has 1 aliphatic rings. The fourth-order valence-corrected chi connectivity index (χ4v) is 3.66. The quantitative estimate of drug-likeness (QED) is 0.789. The van der Waals surface area contributed by atoms with Crippen molar-refractivity contribution in [1.82, 2.24) is 19.9 Å². The van der Waals surface area contributed by atoms with Crippen LogP contribution in [0.15, 0.2) is 42.6 Å². The fourth-order valence-electron chi connectivity index (χ4n) is 3.66. The minimum atomic E-state index is 0.0482. The molecule has 1 saturated heterocycles. The van der Waals surface area contributed by atoms with Crippen molar-refractivity contribution in [2.24, 2.45) is 0 Å². The van der Waals surface area contributed by atoms with Gasteiger partial charge < -0.3 is 14.8 Å². The van der Waals surface area contributed by atoms with E-state index in [-0.39, 0.29) is 11.9 Å². The zero-order valence-corrected chi connectivity index (χ0v) is 15.1. The molecule has 6 heteroatoms. The standard InChI is InChI=1S/C20H23N5O/c1-14-22-17-9-8-15(12-18(17)23-14)20(26)24(2)16-6-5-11-25(13-16)19-7-3-4-10-21-19/h3-4,7-10,12,16H,5-6,11,13H2,1-2H3,(H,22,23). The number of aromatic amines is 1. The monoisotopic (exact) mass is 349 g/mol. The van der Waals surface area contributed by atoms with Crippen LogP contribution < -0.4 is 4.90 Å². The predicted molar refractivity (Wildman–Crippen MR) is 102 cm³/mol. The third-order valence-corrected chi connectivity index (χ3v) is 5.09. The maximum absolute atomic E-state index is 13.0. The first kappa shape index (κ1) is 16.6. The number of carbonyl (C=O) groups is 1. The third kappa shape index (κ3) is 3.14. The van der Waals surface area contributed by atoms with Gasteiger partial charge in [-0.1, -0.05) is 6.07 Å². The van der Waals surface area contributed by atoms with Gasteiger partial charge in [0, 0.05) is 37.9 Å². The molecule has 1 unspecified atom stereocenters. The molecule has 1 N–H and O–H groups in total. The lowest BCUT2D eigenvalue weighted by Gasteiger charge is -2.38. The normalized spacial score (nSPS) is 17.5. The summed E-state index contributed by atoms with van der Waals surface area (Å²) < 4.78 is 0. The summed E-state index contributed by atoms with van der Waals surface area (Å²) in [4.78, 5) is 29.2. The van der Waals surface area contributed by atoms with Gasteiger partial charge in [0.15, 0.2) is 0 Å². The van der Waals surface area contributed by atoms with E-state index in [0.717, 1.165) is 48.6 Å². The van der Waals surface area contributed by atoms with Crippen LogP contribution in [0.3, 0.4) is 0 Å². The number of fused-ring (bicyclic) bond motifs is 1. The number of piperidine rings is 1. The summed E-state index contributed by atoms with van der Waals surface area (Å²) in [6.45, 7) is 3.71. The van der Waals surface area contributed by atoms with Crippen molar-refractivity contribution in [3.63, 3.8) is 0 Å². The molecule has 1 fully saturated rings. The second kappa shape index (κ2) is 6.78. The number of rotatable bonds is 3. The molecule has 0 spiro atoms. The van der Waals surface area contributed by atoms with Gasteiger partial charge >= 0.3 is 0 Å². The molecular weight excluding hydrogens is 326 g/mol. The van der Waals surface area contributed by atoms with Crippen molar-refractivity contribution in [2.75, 3.05) is 25.0 Å². The number of anilines is 1. The van der Waals surface area contributed by atoms with E-state index >= 15 is 0 Å². The summed E-state index contributed by atoms with van der Waals surface area (Å²) in [6, 6.07) is 11.8. The summed E-state index contributed by atoms with van der Waals surface area (Å²) in [5, 5.41) is 0. The Hall–Kier alpha value is -2.89. The summed E-state index contributed by atoms with van der Waals surface area (Å²) in [7, 11) is 1.90. The van der Waals surface area contributed by atoms with Gasteiger partial charge in [-0.25, -0.2) is 9.97 Å². The molecule has 1 amide bonds. The highest BCUT2D eigenvalue weighted by atomic mass is 16.2. The second-order valence-corrected chi connectivity index (χ2v) is 6.90. The number of pyridine rings is 1. The summed E-state index contributed by atoms with van der Waals surface area (Å²) in [6.07, 6.45) is 3.88. The topological polar surface area (TPSA) is 65.1 Å². The van der Waals surface area contributed by atoms with Gasteiger partial charge in [0.1, 0.15) is 11.6 Å². The highest BCUT2D eigenvalue weighted by Gasteiger charge is 2.27. The molecule has 134 valence electrons. The smallest absolute Gasteiger partial charge is 0.253 e. The molecule has 26 heavy (non-hydrogen) atoms. The molecular formula is C20H23N5O. The highest BCUT2D eigenvalue weighted by molar-refractivity contribution is 5.97. The first-order valence-electron chi connectivity index (χ1n) is 9.01. The van der Waals surface area contributed by atoms with E-state index in [2.05, 4.69) is 19.9 Å². The molecule has 0 saturated carbocycles. The molecule has 1 atom stereocenters. The minimum Gasteiger partial charge on any atom is -0.355 e. The van der Waals surface area contributed by atoms with Crippen molar-refractivity contribution < 1.29 is 4.79 Å². The lowest BCUT2D eigenvalue weighted by molar-refractivity contribution is 0.0717. The molecule has 1 aliphatic heterocycles. The van der Waals surface area contributed by atoms with Gasteiger partial charge in [-0.15, -0.1) is 0 Å². The van der Waals surface area contributed by atoms with Crippen LogP contribution in [0.4, 0.5) is 5.82 Å². The molecule has 3 heterocycles. The number of aryl methyl sites for hydroxylation is 1. The fraction of sp³-hybridized carbons (Fsp3) is 0.350. The number of imidazole rings is 1. The number of aromatic nitrogens is 3. The SMILES string of the molecule is Cc1nc2ccc(C(=O)N(C)C3CCCN(c4ccccn4)C3)cc2[nH]1. The van der Waals surface area contributed by atoms with Gasteiger partial charge in [0.2, 0.25) is 0 Å². The summed E-state index contributed by atoms with van der Waals surface area (Å²) in [5.74, 6) is 1.88. The van der Waals surface area contributed by atoms with Crippen molar-refractivity contribution in [1.29, 1.82) is 0 Å². The maximum Gasteiger partial charge on any atom is 0.253 e. The molecule has 6 nitrogen and oxygen atoms in total. The number of H-pyrrole nitrogens is 1. The third-order valence-electron chi connectivity index (χ3n) is 5.09. The zero-order chi connectivity index (χ0) is 18.1. The molecule has 2 aromatic heterocycles. The Labute approximate surface area is 152 Å². The second-order valence-electron chi connectivity index (χ2n) is 6.90. The van der Waals surface area contributed by atoms with Crippen molar-refractivity contribution in [3.8, 4) is 0 Å². The molecule has 4 rings (SSSR count). The average molecular weight is 349 g/mol. The molecule has 0 aliphatic carbocycles. The number of hydrogen-bond donors (Lipinski definition) is 1. The van der Waals surface area contributed by atoms with Crippen molar-refractivity contribution in [3.05, 3.63) is 54.0 Å². The van der Waals surface area contributed by atoms with Gasteiger partial charge in [0.25, 0.3) is 5.91 Å². The lowest BCUT2D eigenvalue weighted by Crippen LogP contribution is -2.48. The van der Waals surface area contributed by atoms with E-state index in [1.165, 1.54) is 0 Å². The Kier molecular flexibility index (Phi) is 4.32. The number of amides is 1. The predicted octanol–water partition coefficient (Wildman–Crippen LogP) is 3.01. The van der Waals surface area contributed by atoms with Gasteiger partial charge in [0.05, 0.1) is 11.0 Å². The molecule has 3 aromatic rings. The van der Waals surface area contributed by atoms with Crippen LogP contribution in [-0.4, -0.2) is 51.9 Å². The highest BCUT2D eigenvalue weighted by Crippen LogP contribution is 2.22. The van der Waals surface area contributed by atoms with Crippen LogP contribution in [0, 0.1) is 6.92 Å². The van der Waals surface area contributed by atoms with E-state index in [9.17, 15) is 4.79 Å². The number of nitrogens with zero attached hydrogens (tertiary/aromatic N) is 4. The number of likely N-dealkylation sites (N-methyl/N-ethyl adjacent to an activating group) is 1. The Balaban J connectivity index is 1.51. The number of hydrogen-bond acceptors (Lipinski definition) is 4. The van der Waals surface area contributed by atoms with Crippen LogP contribution in [-0.2, 0) is 0 Å². The van der Waals surface area contributed by atoms with Gasteiger partial charge in [-0.3, -0.25) is 4.79 Å². The lowest BCUT2D eigenvalue weighted by atomic mass is 10.0. The largest absolute Gasteiger partial charge is 0.355 e. The van der Waals surface area contributed by atoms with Gasteiger partial charge in [-0.05, 0) is 50.1 Å². The number of benzene rings is 1. The molecule has 1 aromatic carbocycles. The first-order chi connectivity index (χ1) is 12.6. The van der Waals surface area contributed by atoms with E-state index in [1.807, 2.05) is 61.5 Å². The summed E-state index contributed by atoms with van der Waals surface area (Å²) in [5.41, 5.74) is 2.49. The van der Waals surface area contributed by atoms with E-state index < -0.39 is 0 Å². The van der Waals surface area contributed by atoms with Crippen LogP contribution >= 0.6 is 0 Å². The Morgan fingerprint density at radius 1 is 1.31 bits per heavy atom. The average Bonchev–Trinajstić information content (AvgIpc) is 3.06. The van der Waals surface area contributed by atoms with Crippen LogP contribution in [0.25, 0.3) is 11.0 Å². The van der Waals surface area contributed by atoms with E-state index in [0.29, 0.717) is 5.56 Å². The maximum atomic E-state index is 13.0. The molecule has 0 radical (unpaired) electrons. The van der Waals surface area contributed by atoms with Crippen molar-refractivity contribution >= 4 is 22.8 Å². The van der Waals surface area contributed by atoms with Gasteiger partial charge in [-0.2, -0.15) is 0 Å². The summed E-state index contributed by atoms with van der Waals surface area (Å²) >= 11 is 0. The van der Waals surface area contributed by atoms with E-state index in [4.69, 9.17) is 0 Å². The first-order valence-corrected chi connectivity index (χ1v) is 9.01. The van der Waals surface area contributed by atoms with E-state index in [1.54, 1.807) is 0 Å². The number of nitrogens with one attached hydrogen (secondary N) is 1. The minimum absolute atomic E-state index is 0.0482. The van der Waals surface area contributed by atoms with Crippen LogP contribution in [0.2, 0.25) is 0 Å². The van der Waals surface area contributed by atoms with Crippen LogP contribution in [0.1, 0.15) is 29.0 Å². The van der Waals surface area contributed by atoms with Crippen LogP contribution in [0.5, 0.6) is 0 Å². The van der Waals surface area contributed by atoms with Crippen molar-refractivity contribution in [2.45, 2.75) is 25.8 Å². The molecule has 0 bridgehead atoms. The Morgan fingerprint density at radius 3 is 3.00 bits per heavy atom. The number of carbonyl (C=O) groups excluding carboxylic acids is 1. The Bertz CT molecular complexity index is 920. The Morgan fingerprint density at radius 2 is 2.19 bits per heavy atom. The zero-order valence-electron chi connectivity index (χ0n) is 15.1.